The number of likely N-dealkylation sites (tertiary alicyclic amines) is 1. The first-order valence-corrected chi connectivity index (χ1v) is 5.82. The molecule has 0 bridgehead atoms. The number of nitrogens with zero attached hydrogens (tertiary/aromatic N) is 1. The second-order valence-corrected chi connectivity index (χ2v) is 3.90. The molecule has 0 radical (unpaired) electrons. The molecule has 0 aromatic heterocycles. The highest BCUT2D eigenvalue weighted by molar-refractivity contribution is 5.02. The van der Waals surface area contributed by atoms with Crippen molar-refractivity contribution >= 4 is 0 Å². The fourth-order valence-electron chi connectivity index (χ4n) is 1.99. The van der Waals surface area contributed by atoms with E-state index in [-0.39, 0.29) is 0 Å². The van der Waals surface area contributed by atoms with Gasteiger partial charge in [0.2, 0.25) is 0 Å². The molecule has 0 spiro atoms. The Morgan fingerprint density at radius 3 is 2.46 bits per heavy atom. The van der Waals surface area contributed by atoms with Gasteiger partial charge in [-0.25, -0.2) is 0 Å². The number of hydrogen-bond acceptors (Lipinski definition) is 1. The predicted octanol–water partition coefficient (Wildman–Crippen LogP) is 3.57. The Bertz CT molecular complexity index is 155. The van der Waals surface area contributed by atoms with Gasteiger partial charge in [0.1, 0.15) is 0 Å². The maximum Gasteiger partial charge on any atom is 0.0175 e. The van der Waals surface area contributed by atoms with Gasteiger partial charge in [-0.3, -0.25) is 0 Å². The molecule has 0 N–H and O–H groups in total. The van der Waals surface area contributed by atoms with E-state index in [1.54, 1.807) is 5.70 Å². The molecular formula is C12H23N. The summed E-state index contributed by atoms with van der Waals surface area (Å²) in [6.45, 7) is 7.11. The van der Waals surface area contributed by atoms with Crippen molar-refractivity contribution in [3.05, 3.63) is 11.8 Å². The van der Waals surface area contributed by atoms with Crippen LogP contribution in [0.1, 0.15) is 52.4 Å². The van der Waals surface area contributed by atoms with Crippen molar-refractivity contribution in [1.82, 2.24) is 4.90 Å². The molecule has 1 heteroatoms. The van der Waals surface area contributed by atoms with Crippen LogP contribution in [0.3, 0.4) is 0 Å². The minimum Gasteiger partial charge on any atom is -0.375 e. The van der Waals surface area contributed by atoms with E-state index in [0.717, 1.165) is 0 Å². The van der Waals surface area contributed by atoms with E-state index in [1.165, 1.54) is 51.6 Å². The molecule has 1 aliphatic rings. The first kappa shape index (κ1) is 10.6. The second kappa shape index (κ2) is 6.06. The van der Waals surface area contributed by atoms with E-state index < -0.39 is 0 Å². The van der Waals surface area contributed by atoms with Gasteiger partial charge in [0.05, 0.1) is 0 Å². The van der Waals surface area contributed by atoms with Gasteiger partial charge in [0, 0.05) is 18.8 Å². The van der Waals surface area contributed by atoms with Crippen LogP contribution in [-0.4, -0.2) is 18.0 Å². The first-order chi connectivity index (χ1) is 6.38. The summed E-state index contributed by atoms with van der Waals surface area (Å²) in [7, 11) is 0. The Morgan fingerprint density at radius 1 is 1.23 bits per heavy atom. The van der Waals surface area contributed by atoms with E-state index in [4.69, 9.17) is 0 Å². The van der Waals surface area contributed by atoms with Gasteiger partial charge >= 0.3 is 0 Å². The van der Waals surface area contributed by atoms with E-state index in [2.05, 4.69) is 24.8 Å². The lowest BCUT2D eigenvalue weighted by atomic mass is 10.1. The summed E-state index contributed by atoms with van der Waals surface area (Å²) in [5, 5.41) is 0. The minimum absolute atomic E-state index is 1.19. The Labute approximate surface area is 82.8 Å². The van der Waals surface area contributed by atoms with Crippen LogP contribution in [0.5, 0.6) is 0 Å². The maximum absolute atomic E-state index is 2.58. The number of hydrogen-bond donors (Lipinski definition) is 0. The topological polar surface area (TPSA) is 3.24 Å². The summed E-state index contributed by atoms with van der Waals surface area (Å²) in [5.74, 6) is 0. The van der Waals surface area contributed by atoms with Crippen molar-refractivity contribution in [2.45, 2.75) is 52.4 Å². The van der Waals surface area contributed by atoms with Crippen molar-refractivity contribution < 1.29 is 0 Å². The summed E-state index contributed by atoms with van der Waals surface area (Å²) >= 11 is 0. The second-order valence-electron chi connectivity index (χ2n) is 3.90. The van der Waals surface area contributed by atoms with Crippen LogP contribution >= 0.6 is 0 Å². The molecule has 0 amide bonds. The standard InChI is InChI=1S/C12H23N/c1-3-5-9-12(8-4-2)13-10-6-7-11-13/h8H,3-7,9-11H2,1-2H3. The first-order valence-electron chi connectivity index (χ1n) is 5.82. The van der Waals surface area contributed by atoms with Crippen molar-refractivity contribution in [1.29, 1.82) is 0 Å². The summed E-state index contributed by atoms with van der Waals surface area (Å²) in [4.78, 5) is 2.58. The maximum atomic E-state index is 2.58. The van der Waals surface area contributed by atoms with Crippen LogP contribution < -0.4 is 0 Å². The molecule has 0 aliphatic carbocycles. The summed E-state index contributed by atoms with van der Waals surface area (Å²) < 4.78 is 0. The predicted molar refractivity (Wildman–Crippen MR) is 58.7 cm³/mol. The van der Waals surface area contributed by atoms with E-state index in [0.29, 0.717) is 0 Å². The third kappa shape index (κ3) is 3.41. The highest BCUT2D eigenvalue weighted by Crippen LogP contribution is 2.19. The molecule has 1 heterocycles. The molecule has 0 aromatic carbocycles. The largest absolute Gasteiger partial charge is 0.375 e. The molecule has 0 unspecified atom stereocenters. The van der Waals surface area contributed by atoms with Gasteiger partial charge in [-0.2, -0.15) is 0 Å². The smallest absolute Gasteiger partial charge is 0.0175 e. The molecule has 1 fully saturated rings. The Balaban J connectivity index is 2.40. The quantitative estimate of drug-likeness (QED) is 0.627. The van der Waals surface area contributed by atoms with Crippen molar-refractivity contribution in [2.75, 3.05) is 13.1 Å². The molecule has 1 aliphatic heterocycles. The van der Waals surface area contributed by atoms with Crippen LogP contribution in [0.25, 0.3) is 0 Å². The SMILES string of the molecule is CCC=C(CCCC)N1CCCC1. The van der Waals surface area contributed by atoms with Crippen molar-refractivity contribution in [3.8, 4) is 0 Å². The zero-order valence-electron chi connectivity index (χ0n) is 9.18. The number of allylic oxidation sites excluding steroid dienone is 2. The van der Waals surface area contributed by atoms with E-state index in [1.807, 2.05) is 0 Å². The van der Waals surface area contributed by atoms with Gasteiger partial charge in [-0.05, 0) is 32.1 Å². The molecule has 1 saturated heterocycles. The van der Waals surface area contributed by atoms with Gasteiger partial charge in [-0.15, -0.1) is 0 Å². The third-order valence-corrected chi connectivity index (χ3v) is 2.74. The lowest BCUT2D eigenvalue weighted by molar-refractivity contribution is 0.402. The molecule has 76 valence electrons. The fraction of sp³-hybridized carbons (Fsp3) is 0.833. The molecule has 13 heavy (non-hydrogen) atoms. The van der Waals surface area contributed by atoms with Crippen LogP contribution in [-0.2, 0) is 0 Å². The van der Waals surface area contributed by atoms with E-state index >= 15 is 0 Å². The fourth-order valence-corrected chi connectivity index (χ4v) is 1.99. The van der Waals surface area contributed by atoms with Crippen molar-refractivity contribution in [2.24, 2.45) is 0 Å². The average Bonchev–Trinajstić information content (AvgIpc) is 2.65. The summed E-state index contributed by atoms with van der Waals surface area (Å²) in [6, 6.07) is 0. The number of rotatable bonds is 5. The average molecular weight is 181 g/mol. The van der Waals surface area contributed by atoms with Crippen LogP contribution in [0.15, 0.2) is 11.8 Å². The van der Waals surface area contributed by atoms with Crippen molar-refractivity contribution in [3.63, 3.8) is 0 Å². The molecule has 1 nitrogen and oxygen atoms in total. The molecule has 0 aromatic rings. The highest BCUT2D eigenvalue weighted by atomic mass is 15.1. The summed E-state index contributed by atoms with van der Waals surface area (Å²) in [6.07, 6.45) is 10.4. The summed E-state index contributed by atoms with van der Waals surface area (Å²) in [5.41, 5.74) is 1.61. The van der Waals surface area contributed by atoms with Crippen LogP contribution in [0.2, 0.25) is 0 Å². The van der Waals surface area contributed by atoms with Gasteiger partial charge in [0.25, 0.3) is 0 Å². The Hall–Kier alpha value is -0.460. The van der Waals surface area contributed by atoms with Gasteiger partial charge in [-0.1, -0.05) is 26.3 Å². The molecule has 0 atom stereocenters. The van der Waals surface area contributed by atoms with Gasteiger partial charge in [0.15, 0.2) is 0 Å². The third-order valence-electron chi connectivity index (χ3n) is 2.74. The van der Waals surface area contributed by atoms with Crippen LogP contribution in [0, 0.1) is 0 Å². The lowest BCUT2D eigenvalue weighted by Crippen LogP contribution is -2.18. The van der Waals surface area contributed by atoms with E-state index in [9.17, 15) is 0 Å². The highest BCUT2D eigenvalue weighted by Gasteiger charge is 2.13. The molecule has 0 saturated carbocycles. The minimum atomic E-state index is 1.19. The van der Waals surface area contributed by atoms with Gasteiger partial charge < -0.3 is 4.90 Å². The Kier molecular flexibility index (Phi) is 4.95. The normalized spacial score (nSPS) is 18.3. The molecular weight excluding hydrogens is 158 g/mol. The monoisotopic (exact) mass is 181 g/mol. The number of unbranched alkanes of at least 4 members (excludes halogenated alkanes) is 1. The zero-order valence-corrected chi connectivity index (χ0v) is 9.18. The molecule has 1 rings (SSSR count). The Morgan fingerprint density at radius 2 is 1.92 bits per heavy atom. The lowest BCUT2D eigenvalue weighted by Gasteiger charge is -2.21. The zero-order chi connectivity index (χ0) is 9.52. The van der Waals surface area contributed by atoms with Crippen LogP contribution in [0.4, 0.5) is 0 Å².